The maximum Gasteiger partial charge on any atom is 0.416 e. The molecule has 4 atom stereocenters. The Bertz CT molecular complexity index is 1890. The number of alkyl halides is 4. The summed E-state index contributed by atoms with van der Waals surface area (Å²) in [6.07, 6.45) is 3.36. The number of aromatic amines is 1. The second-order valence-electron chi connectivity index (χ2n) is 12.6. The molecule has 3 aliphatic rings. The zero-order valence-electron chi connectivity index (χ0n) is 28.0. The second kappa shape index (κ2) is 14.4. The summed E-state index contributed by atoms with van der Waals surface area (Å²) in [6, 6.07) is 5.17. The number of hydrogen-bond donors (Lipinski definition) is 2. The number of rotatable bonds is 6. The molecule has 0 bridgehead atoms. The molecule has 4 aromatic heterocycles. The van der Waals surface area contributed by atoms with E-state index in [-0.39, 0.29) is 52.4 Å². The van der Waals surface area contributed by atoms with Crippen molar-refractivity contribution in [2.75, 3.05) is 37.4 Å². The third kappa shape index (κ3) is 7.20. The lowest BCUT2D eigenvalue weighted by atomic mass is 10.0. The Kier molecular flexibility index (Phi) is 10.2. The number of halogens is 5. The van der Waals surface area contributed by atoms with Gasteiger partial charge < -0.3 is 20.1 Å². The highest BCUT2D eigenvalue weighted by molar-refractivity contribution is 6.37. The highest BCUT2D eigenvalue weighted by Crippen LogP contribution is 2.44. The van der Waals surface area contributed by atoms with Crippen molar-refractivity contribution in [1.29, 1.82) is 0 Å². The van der Waals surface area contributed by atoms with Crippen LogP contribution in [-0.4, -0.2) is 86.3 Å². The van der Waals surface area contributed by atoms with Crippen LogP contribution < -0.4 is 20.1 Å². The number of methoxy groups -OCH3 is 1. The lowest BCUT2D eigenvalue weighted by Gasteiger charge is -2.34. The van der Waals surface area contributed by atoms with Gasteiger partial charge in [0.1, 0.15) is 35.3 Å². The summed E-state index contributed by atoms with van der Waals surface area (Å²) in [5.41, 5.74) is 6.28. The lowest BCUT2D eigenvalue weighted by Crippen LogP contribution is -2.39. The Labute approximate surface area is 291 Å². The number of pyridine rings is 2. The first kappa shape index (κ1) is 35.3. The minimum atomic E-state index is -4.71. The molecule has 16 heteroatoms. The van der Waals surface area contributed by atoms with Crippen molar-refractivity contribution in [3.8, 4) is 11.9 Å². The standard InChI is InChI=1S/C27H26ClF3N8O2.C7H12FN/c1-13(10-16-7-9-34-38-16)18(27(29,30)31)11-19-21(28)22-20-24(37-26(36-22)40-4)39(14(2)12-41-25(20)35-19)15(3)17-6-5-8-33-23(17)32;8-6-4-7-2-1-3-9(7)5-6/h5-11,14-15H,12H2,1-4H3,(H2,32,33)(H,34,38);6-7H,1-5H2/b13-10-,18-11-;/t14-,15?;/m0./s1. The Balaban J connectivity index is 0.000000412. The van der Waals surface area contributed by atoms with Crippen LogP contribution in [-0.2, 0) is 0 Å². The number of fused-ring (bicyclic) bond motifs is 1. The molecule has 4 aromatic rings. The molecule has 3 N–H and O–H groups in total. The molecule has 2 saturated heterocycles. The summed E-state index contributed by atoms with van der Waals surface area (Å²) in [6.45, 7) is 7.20. The van der Waals surface area contributed by atoms with Crippen molar-refractivity contribution in [3.63, 3.8) is 0 Å². The van der Waals surface area contributed by atoms with Gasteiger partial charge in [-0.05, 0) is 76.4 Å². The molecule has 3 aliphatic heterocycles. The fourth-order valence-corrected chi connectivity index (χ4v) is 7.06. The molecule has 2 fully saturated rings. The Morgan fingerprint density at radius 2 is 2.00 bits per heavy atom. The number of nitrogen functional groups attached to an aromatic ring is 1. The van der Waals surface area contributed by atoms with E-state index in [9.17, 15) is 17.6 Å². The quantitative estimate of drug-likeness (QED) is 0.159. The monoisotopic (exact) mass is 715 g/mol. The van der Waals surface area contributed by atoms with Gasteiger partial charge in [0.15, 0.2) is 0 Å². The molecule has 50 heavy (non-hydrogen) atoms. The minimum Gasteiger partial charge on any atom is -0.475 e. The summed E-state index contributed by atoms with van der Waals surface area (Å²) < 4.78 is 66.8. The average Bonchev–Trinajstić information content (AvgIpc) is 3.80. The highest BCUT2D eigenvalue weighted by Gasteiger charge is 2.37. The van der Waals surface area contributed by atoms with E-state index in [1.54, 1.807) is 18.3 Å². The van der Waals surface area contributed by atoms with Crippen LogP contribution in [0.15, 0.2) is 41.7 Å². The van der Waals surface area contributed by atoms with Crippen LogP contribution >= 0.6 is 11.6 Å². The van der Waals surface area contributed by atoms with Gasteiger partial charge in [-0.1, -0.05) is 17.7 Å². The molecule has 0 saturated carbocycles. The Hall–Kier alpha value is -4.50. The van der Waals surface area contributed by atoms with Gasteiger partial charge in [-0.2, -0.15) is 28.2 Å². The number of nitrogens with one attached hydrogen (secondary N) is 1. The number of nitrogens with two attached hydrogens (primary N) is 1. The van der Waals surface area contributed by atoms with Crippen molar-refractivity contribution in [3.05, 3.63) is 63.7 Å². The molecule has 0 amide bonds. The number of anilines is 2. The van der Waals surface area contributed by atoms with Crippen LogP contribution in [0.1, 0.15) is 63.0 Å². The predicted octanol–water partition coefficient (Wildman–Crippen LogP) is 6.98. The van der Waals surface area contributed by atoms with Crippen LogP contribution in [0.3, 0.4) is 0 Å². The van der Waals surface area contributed by atoms with E-state index in [0.29, 0.717) is 35.3 Å². The van der Waals surface area contributed by atoms with E-state index < -0.39 is 17.9 Å². The van der Waals surface area contributed by atoms with Crippen LogP contribution in [0, 0.1) is 0 Å². The predicted molar refractivity (Wildman–Crippen MR) is 184 cm³/mol. The van der Waals surface area contributed by atoms with Gasteiger partial charge in [0.2, 0.25) is 5.88 Å². The molecule has 0 radical (unpaired) electrons. The number of nitrogens with zero attached hydrogens (tertiary/aromatic N) is 7. The summed E-state index contributed by atoms with van der Waals surface area (Å²) >= 11 is 6.74. The van der Waals surface area contributed by atoms with E-state index in [4.69, 9.17) is 26.8 Å². The van der Waals surface area contributed by atoms with Crippen LogP contribution in [0.4, 0.5) is 29.2 Å². The van der Waals surface area contributed by atoms with E-state index in [2.05, 4.69) is 35.0 Å². The second-order valence-corrected chi connectivity index (χ2v) is 13.0. The van der Waals surface area contributed by atoms with Crippen LogP contribution in [0.2, 0.25) is 5.02 Å². The first-order valence-corrected chi connectivity index (χ1v) is 16.6. The van der Waals surface area contributed by atoms with Gasteiger partial charge in [0.25, 0.3) is 0 Å². The molecule has 0 spiro atoms. The summed E-state index contributed by atoms with van der Waals surface area (Å²) in [7, 11) is 1.39. The average molecular weight is 716 g/mol. The fraction of sp³-hybridized carbons (Fsp3) is 0.441. The van der Waals surface area contributed by atoms with Crippen molar-refractivity contribution in [1.82, 2.24) is 35.0 Å². The largest absolute Gasteiger partial charge is 0.475 e. The SMILES string of the molecule is COc1nc2c3c(nc(/C=C(/C(C)=C\c4ccn[nH]4)C(F)(F)F)c(Cl)c3n1)OC[C@H](C)N2C(C)c1cccnc1N.FC1CC2CCCN2C1. The van der Waals surface area contributed by atoms with E-state index >= 15 is 0 Å². The smallest absolute Gasteiger partial charge is 0.416 e. The molecular weight excluding hydrogens is 678 g/mol. The lowest BCUT2D eigenvalue weighted by molar-refractivity contribution is -0.0883. The summed E-state index contributed by atoms with van der Waals surface area (Å²) in [5, 5.41) is 6.63. The van der Waals surface area contributed by atoms with Crippen LogP contribution in [0.25, 0.3) is 23.1 Å². The molecule has 7 rings (SSSR count). The van der Waals surface area contributed by atoms with Crippen LogP contribution in [0.5, 0.6) is 11.9 Å². The third-order valence-electron chi connectivity index (χ3n) is 9.20. The third-order valence-corrected chi connectivity index (χ3v) is 9.58. The molecule has 266 valence electrons. The first-order valence-electron chi connectivity index (χ1n) is 16.3. The summed E-state index contributed by atoms with van der Waals surface area (Å²) in [4.78, 5) is 21.9. The zero-order valence-corrected chi connectivity index (χ0v) is 28.8. The minimum absolute atomic E-state index is 0.0293. The molecule has 0 aromatic carbocycles. The van der Waals surface area contributed by atoms with Crippen molar-refractivity contribution in [2.24, 2.45) is 0 Å². The fourth-order valence-electron chi connectivity index (χ4n) is 6.83. The van der Waals surface area contributed by atoms with Crippen molar-refractivity contribution >= 4 is 46.3 Å². The number of H-pyrrole nitrogens is 1. The first-order chi connectivity index (χ1) is 23.8. The Morgan fingerprint density at radius 1 is 1.20 bits per heavy atom. The van der Waals surface area contributed by atoms with Crippen molar-refractivity contribution < 1.29 is 27.0 Å². The maximum atomic E-state index is 14.3. The highest BCUT2D eigenvalue weighted by atomic mass is 35.5. The summed E-state index contributed by atoms with van der Waals surface area (Å²) in [5.74, 6) is 0.786. The van der Waals surface area contributed by atoms with Gasteiger partial charge in [0, 0.05) is 30.5 Å². The van der Waals surface area contributed by atoms with E-state index in [1.165, 1.54) is 39.1 Å². The van der Waals surface area contributed by atoms with Gasteiger partial charge in [-0.15, -0.1) is 0 Å². The molecule has 0 aliphatic carbocycles. The number of allylic oxidation sites excluding steroid dienone is 2. The molecule has 11 nitrogen and oxygen atoms in total. The maximum absolute atomic E-state index is 14.3. The van der Waals surface area contributed by atoms with Gasteiger partial charge in [-0.25, -0.2) is 14.4 Å². The topological polar surface area (TPSA) is 131 Å². The molecule has 3 unspecified atom stereocenters. The van der Waals surface area contributed by atoms with Gasteiger partial charge >= 0.3 is 12.2 Å². The molecule has 7 heterocycles. The molecular formula is C34H38ClF4N9O2. The zero-order chi connectivity index (χ0) is 35.7. The number of aromatic nitrogens is 6. The van der Waals surface area contributed by atoms with E-state index in [0.717, 1.165) is 24.6 Å². The number of hydrogen-bond acceptors (Lipinski definition) is 10. The Morgan fingerprint density at radius 3 is 2.68 bits per heavy atom. The van der Waals surface area contributed by atoms with Gasteiger partial charge in [0.05, 0.1) is 41.2 Å². The van der Waals surface area contributed by atoms with Crippen molar-refractivity contribution in [2.45, 2.75) is 70.5 Å². The normalized spacial score (nSPS) is 21.7. The number of ether oxygens (including phenoxy) is 2. The van der Waals surface area contributed by atoms with E-state index in [1.807, 2.05) is 24.8 Å². The van der Waals surface area contributed by atoms with Gasteiger partial charge in [-0.3, -0.25) is 10.00 Å².